The van der Waals surface area contributed by atoms with Crippen LogP contribution >= 0.6 is 11.6 Å². The van der Waals surface area contributed by atoms with Gasteiger partial charge in [-0.2, -0.15) is 5.26 Å². The Morgan fingerprint density at radius 3 is 2.45 bits per heavy atom. The Kier molecular flexibility index (Phi) is 4.74. The molecule has 2 nitrogen and oxygen atoms in total. The molecule has 0 aliphatic heterocycles. The Balaban J connectivity index is 3.92. The van der Waals surface area contributed by atoms with Crippen LogP contribution in [0.4, 0.5) is 0 Å². The summed E-state index contributed by atoms with van der Waals surface area (Å²) in [5, 5.41) is 8.59. The molecular formula is C7H14ClNOSi. The maximum Gasteiger partial charge on any atom is 0.203 e. The highest BCUT2D eigenvalue weighted by molar-refractivity contribution is 6.77. The van der Waals surface area contributed by atoms with Gasteiger partial charge in [0.05, 0.1) is 6.07 Å². The first-order valence-electron chi connectivity index (χ1n) is 3.69. The fourth-order valence-electron chi connectivity index (χ4n) is 0.618. The molecular weight excluding hydrogens is 178 g/mol. The number of hydrogen-bond acceptors (Lipinski definition) is 2. The lowest BCUT2D eigenvalue weighted by Crippen LogP contribution is -2.37. The average molecular weight is 192 g/mol. The molecule has 0 amide bonds. The average Bonchev–Trinajstić information content (AvgIpc) is 2.00. The number of hydrogen-bond donors (Lipinski definition) is 0. The Morgan fingerprint density at radius 2 is 2.18 bits per heavy atom. The Bertz CT molecular complexity index is 155. The number of halogens is 1. The summed E-state index contributed by atoms with van der Waals surface area (Å²) in [5.41, 5.74) is 0.547. The van der Waals surface area contributed by atoms with Gasteiger partial charge in [-0.15, -0.1) is 11.6 Å². The third-order valence-corrected chi connectivity index (χ3v) is 4.80. The van der Waals surface area contributed by atoms with Gasteiger partial charge in [0.2, 0.25) is 8.32 Å². The van der Waals surface area contributed by atoms with Crippen molar-refractivity contribution >= 4 is 19.9 Å². The van der Waals surface area contributed by atoms with Crippen LogP contribution in [0.1, 0.15) is 13.3 Å². The van der Waals surface area contributed by atoms with Crippen molar-refractivity contribution in [2.24, 2.45) is 0 Å². The van der Waals surface area contributed by atoms with Crippen LogP contribution in [0.25, 0.3) is 0 Å². The maximum absolute atomic E-state index is 8.59. The molecule has 0 aromatic rings. The van der Waals surface area contributed by atoms with E-state index in [4.69, 9.17) is 21.3 Å². The van der Waals surface area contributed by atoms with Crippen molar-refractivity contribution in [3.63, 3.8) is 0 Å². The highest BCUT2D eigenvalue weighted by atomic mass is 35.5. The van der Waals surface area contributed by atoms with Crippen LogP contribution in [0.2, 0.25) is 13.1 Å². The summed E-state index contributed by atoms with van der Waals surface area (Å²) < 4.78 is 5.53. The van der Waals surface area contributed by atoms with Gasteiger partial charge in [-0.05, 0) is 19.5 Å². The second kappa shape index (κ2) is 4.76. The summed E-state index contributed by atoms with van der Waals surface area (Å²) in [6, 6.07) is 2.10. The molecule has 0 aromatic carbocycles. The molecule has 11 heavy (non-hydrogen) atoms. The fraction of sp³-hybridized carbons (Fsp3) is 0.857. The molecule has 0 heterocycles. The van der Waals surface area contributed by atoms with Crippen LogP contribution < -0.4 is 0 Å². The van der Waals surface area contributed by atoms with E-state index >= 15 is 0 Å². The molecule has 0 aromatic heterocycles. The van der Waals surface area contributed by atoms with Crippen LogP contribution in [0.3, 0.4) is 0 Å². The molecule has 0 saturated carbocycles. The molecule has 0 radical (unpaired) electrons. The summed E-state index contributed by atoms with van der Waals surface area (Å²) in [5.74, 6) is 0. The fourth-order valence-corrected chi connectivity index (χ4v) is 1.86. The van der Waals surface area contributed by atoms with Crippen molar-refractivity contribution in [1.29, 1.82) is 5.26 Å². The summed E-state index contributed by atoms with van der Waals surface area (Å²) in [6.07, 6.45) is 0.472. The number of rotatable bonds is 4. The SMILES string of the molecule is CCC(C#N)O[Si](C)(C)CCl. The first kappa shape index (κ1) is 11.0. The van der Waals surface area contributed by atoms with E-state index < -0.39 is 8.32 Å². The zero-order valence-electron chi connectivity index (χ0n) is 7.22. The van der Waals surface area contributed by atoms with E-state index in [0.29, 0.717) is 5.50 Å². The van der Waals surface area contributed by atoms with Gasteiger partial charge in [-0.25, -0.2) is 0 Å². The van der Waals surface area contributed by atoms with Gasteiger partial charge >= 0.3 is 0 Å². The van der Waals surface area contributed by atoms with Crippen molar-refractivity contribution < 1.29 is 4.43 Å². The van der Waals surface area contributed by atoms with Gasteiger partial charge in [0.15, 0.2) is 0 Å². The second-order valence-electron chi connectivity index (χ2n) is 3.04. The van der Waals surface area contributed by atoms with Crippen molar-refractivity contribution in [3.05, 3.63) is 0 Å². The van der Waals surface area contributed by atoms with Gasteiger partial charge in [0.25, 0.3) is 0 Å². The van der Waals surface area contributed by atoms with E-state index in [1.165, 1.54) is 0 Å². The lowest BCUT2D eigenvalue weighted by molar-refractivity contribution is 0.244. The quantitative estimate of drug-likeness (QED) is 0.505. The minimum Gasteiger partial charge on any atom is -0.401 e. The predicted molar refractivity (Wildman–Crippen MR) is 49.0 cm³/mol. The highest BCUT2D eigenvalue weighted by Crippen LogP contribution is 2.11. The summed E-state index contributed by atoms with van der Waals surface area (Å²) >= 11 is 5.68. The molecule has 0 aliphatic rings. The minimum absolute atomic E-state index is 0.268. The molecule has 1 unspecified atom stereocenters. The Morgan fingerprint density at radius 1 is 1.64 bits per heavy atom. The summed E-state index contributed by atoms with van der Waals surface area (Å²) in [6.45, 7) is 5.96. The van der Waals surface area contributed by atoms with Crippen molar-refractivity contribution in [1.82, 2.24) is 0 Å². The number of nitriles is 1. The van der Waals surface area contributed by atoms with E-state index in [-0.39, 0.29) is 6.10 Å². The Hall–Kier alpha value is -0.0431. The van der Waals surface area contributed by atoms with E-state index in [9.17, 15) is 0 Å². The van der Waals surface area contributed by atoms with Gasteiger partial charge in [-0.1, -0.05) is 6.92 Å². The summed E-state index contributed by atoms with van der Waals surface area (Å²) in [7, 11) is -1.74. The third kappa shape index (κ3) is 4.41. The van der Waals surface area contributed by atoms with Crippen molar-refractivity contribution in [3.8, 4) is 6.07 Å². The molecule has 0 N–H and O–H groups in total. The van der Waals surface area contributed by atoms with Crippen molar-refractivity contribution in [2.75, 3.05) is 5.50 Å². The molecule has 0 bridgehead atoms. The van der Waals surface area contributed by atoms with Crippen LogP contribution in [0.15, 0.2) is 0 Å². The molecule has 0 fully saturated rings. The Labute approximate surface area is 74.2 Å². The maximum atomic E-state index is 8.59. The third-order valence-electron chi connectivity index (χ3n) is 1.30. The van der Waals surface area contributed by atoms with Gasteiger partial charge in [0, 0.05) is 5.50 Å². The summed E-state index contributed by atoms with van der Waals surface area (Å²) in [4.78, 5) is 0. The van der Waals surface area contributed by atoms with E-state index in [1.807, 2.05) is 20.0 Å². The first-order chi connectivity index (χ1) is 5.05. The van der Waals surface area contributed by atoms with Gasteiger partial charge in [-0.3, -0.25) is 0 Å². The van der Waals surface area contributed by atoms with E-state index in [1.54, 1.807) is 0 Å². The van der Waals surface area contributed by atoms with Crippen LogP contribution in [0.5, 0.6) is 0 Å². The topological polar surface area (TPSA) is 33.0 Å². The van der Waals surface area contributed by atoms with E-state index in [2.05, 4.69) is 6.07 Å². The molecule has 64 valence electrons. The first-order valence-corrected chi connectivity index (χ1v) is 7.34. The van der Waals surface area contributed by atoms with Crippen LogP contribution in [-0.2, 0) is 4.43 Å². The lowest BCUT2D eigenvalue weighted by atomic mass is 10.3. The van der Waals surface area contributed by atoms with Crippen LogP contribution in [-0.4, -0.2) is 19.9 Å². The smallest absolute Gasteiger partial charge is 0.203 e. The number of nitrogens with zero attached hydrogens (tertiary/aromatic N) is 1. The minimum atomic E-state index is -1.74. The lowest BCUT2D eigenvalue weighted by Gasteiger charge is -2.22. The normalized spacial score (nSPS) is 14.1. The standard InChI is InChI=1S/C7H14ClNOSi/c1-4-7(5-9)10-11(2,3)6-8/h7H,4,6H2,1-3H3. The number of alkyl halides is 1. The molecule has 0 spiro atoms. The van der Waals surface area contributed by atoms with Gasteiger partial charge in [0.1, 0.15) is 6.10 Å². The van der Waals surface area contributed by atoms with E-state index in [0.717, 1.165) is 6.42 Å². The molecule has 4 heteroatoms. The second-order valence-corrected chi connectivity index (χ2v) is 7.86. The monoisotopic (exact) mass is 191 g/mol. The molecule has 0 saturated heterocycles. The zero-order valence-corrected chi connectivity index (χ0v) is 8.98. The highest BCUT2D eigenvalue weighted by Gasteiger charge is 2.24. The molecule has 0 rings (SSSR count). The van der Waals surface area contributed by atoms with Crippen molar-refractivity contribution in [2.45, 2.75) is 32.5 Å². The molecule has 1 atom stereocenters. The zero-order chi connectivity index (χ0) is 8.91. The largest absolute Gasteiger partial charge is 0.401 e. The van der Waals surface area contributed by atoms with Gasteiger partial charge < -0.3 is 4.43 Å². The molecule has 0 aliphatic carbocycles. The predicted octanol–water partition coefficient (Wildman–Crippen LogP) is 2.29. The van der Waals surface area contributed by atoms with Crippen LogP contribution in [0, 0.1) is 11.3 Å².